The molecule has 410 valence electrons. The SMILES string of the molecule is COCCOCCOCCOCC[N+](CCCS(=O)(=O)[O-])=c1ccc2c(C(C)(C)C)cc(/C=C/C=C3/N(CCCCCC(=O)ON4C(=O)CCC4=O)c4ccc(S(=O)(=O)[O-])cc4C3(C)CCCS(=O)(=O)[O-])oc-2c1.[Na+].[Na+]. The van der Waals surface area contributed by atoms with Crippen molar-refractivity contribution in [2.24, 2.45) is 0 Å². The summed E-state index contributed by atoms with van der Waals surface area (Å²) in [7, 11) is -12.4. The number of rotatable bonds is 30. The van der Waals surface area contributed by atoms with Gasteiger partial charge < -0.3 is 46.8 Å². The van der Waals surface area contributed by atoms with Gasteiger partial charge in [-0.05, 0) is 91.6 Å². The Hall–Kier alpha value is -2.89. The molecule has 0 aromatic heterocycles. The molecule has 1 atom stereocenters. The molecule has 76 heavy (non-hydrogen) atoms. The van der Waals surface area contributed by atoms with Crippen LogP contribution in [0.5, 0.6) is 0 Å². The van der Waals surface area contributed by atoms with Crippen LogP contribution in [0.25, 0.3) is 17.4 Å². The Bertz CT molecular complexity index is 2890. The zero-order valence-electron chi connectivity index (χ0n) is 44.5. The number of carbonyl (C=O) groups excluding carboxylic acids is 3. The van der Waals surface area contributed by atoms with Crippen LogP contribution >= 0.6 is 0 Å². The summed E-state index contributed by atoms with van der Waals surface area (Å²) in [4.78, 5) is 42.8. The van der Waals surface area contributed by atoms with E-state index < -0.39 is 75.4 Å². The summed E-state index contributed by atoms with van der Waals surface area (Å²) in [6.45, 7) is 11.4. The molecule has 26 heteroatoms. The number of benzene rings is 2. The Morgan fingerprint density at radius 3 is 2.00 bits per heavy atom. The Labute approximate surface area is 490 Å². The number of imide groups is 1. The number of carbonyl (C=O) groups is 3. The smallest absolute Gasteiger partial charge is 0.748 e. The summed E-state index contributed by atoms with van der Waals surface area (Å²) < 4.78 is 137. The zero-order chi connectivity index (χ0) is 54.3. The summed E-state index contributed by atoms with van der Waals surface area (Å²) >= 11 is 0. The van der Waals surface area contributed by atoms with E-state index in [2.05, 4.69) is 0 Å². The first-order valence-corrected chi connectivity index (χ1v) is 29.0. The monoisotopic (exact) mass is 1140 g/mol. The fourth-order valence-electron chi connectivity index (χ4n) is 8.80. The van der Waals surface area contributed by atoms with Gasteiger partial charge in [-0.2, -0.15) is 0 Å². The zero-order valence-corrected chi connectivity index (χ0v) is 51.0. The first kappa shape index (κ1) is 67.4. The van der Waals surface area contributed by atoms with Crippen LogP contribution in [-0.4, -0.2) is 146 Å². The Morgan fingerprint density at radius 2 is 1.39 bits per heavy atom. The third-order valence-electron chi connectivity index (χ3n) is 12.5. The first-order valence-electron chi connectivity index (χ1n) is 24.4. The maximum Gasteiger partial charge on any atom is 1.00 e. The summed E-state index contributed by atoms with van der Waals surface area (Å²) in [6.07, 6.45) is 6.39. The first-order chi connectivity index (χ1) is 34.8. The van der Waals surface area contributed by atoms with Crippen LogP contribution < -0.4 is 73.9 Å². The van der Waals surface area contributed by atoms with Crippen molar-refractivity contribution in [3.8, 4) is 11.3 Å². The van der Waals surface area contributed by atoms with Crippen molar-refractivity contribution in [3.63, 3.8) is 0 Å². The van der Waals surface area contributed by atoms with E-state index in [-0.39, 0.29) is 111 Å². The van der Waals surface area contributed by atoms with Gasteiger partial charge in [0.05, 0.1) is 70.8 Å². The number of methoxy groups -OCH3 is 1. The summed E-state index contributed by atoms with van der Waals surface area (Å²) in [6, 6.07) is 11.5. The maximum atomic E-state index is 12.5. The Kier molecular flexibility index (Phi) is 27.2. The number of fused-ring (bicyclic) bond motifs is 2. The van der Waals surface area contributed by atoms with E-state index in [4.69, 9.17) is 28.2 Å². The van der Waals surface area contributed by atoms with Gasteiger partial charge in [0.25, 0.3) is 11.8 Å². The molecule has 0 spiro atoms. The van der Waals surface area contributed by atoms with Gasteiger partial charge in [0.1, 0.15) is 34.8 Å². The maximum absolute atomic E-state index is 12.5. The number of amides is 2. The quantitative estimate of drug-likeness (QED) is 0.0233. The van der Waals surface area contributed by atoms with E-state index in [0.29, 0.717) is 111 Å². The van der Waals surface area contributed by atoms with Gasteiger partial charge in [-0.15, -0.1) is 5.06 Å². The number of unbranched alkanes of at least 4 members (excludes halogenated alkanes) is 2. The van der Waals surface area contributed by atoms with Gasteiger partial charge in [-0.25, -0.2) is 34.6 Å². The van der Waals surface area contributed by atoms with Crippen molar-refractivity contribution in [3.05, 3.63) is 82.6 Å². The molecular formula is C50H67N3Na2O18S3. The number of allylic oxidation sites excluding steroid dienone is 3. The molecule has 1 aromatic rings. The molecule has 1 fully saturated rings. The number of hydroxylamine groups is 2. The summed E-state index contributed by atoms with van der Waals surface area (Å²) in [5, 5.41) is 1.17. The van der Waals surface area contributed by atoms with Gasteiger partial charge in [-0.1, -0.05) is 33.3 Å². The fourth-order valence-corrected chi connectivity index (χ4v) is 10.3. The van der Waals surface area contributed by atoms with Crippen LogP contribution in [0.1, 0.15) is 102 Å². The molecule has 1 unspecified atom stereocenters. The molecule has 21 nitrogen and oxygen atoms in total. The van der Waals surface area contributed by atoms with Gasteiger partial charge in [-0.3, -0.25) is 9.59 Å². The van der Waals surface area contributed by atoms with E-state index in [9.17, 15) is 53.3 Å². The second-order valence-electron chi connectivity index (χ2n) is 19.2. The topological polar surface area (TPSA) is 292 Å². The molecule has 3 aliphatic heterocycles. The second kappa shape index (κ2) is 30.6. The molecule has 1 aliphatic carbocycles. The number of hydrogen-bond donors (Lipinski definition) is 0. The molecule has 3 heterocycles. The molecule has 5 rings (SSSR count). The van der Waals surface area contributed by atoms with Gasteiger partial charge in [0, 0.05) is 79.3 Å². The van der Waals surface area contributed by atoms with E-state index in [1.54, 1.807) is 32.3 Å². The van der Waals surface area contributed by atoms with E-state index in [1.165, 1.54) is 18.2 Å². The molecule has 4 aliphatic rings. The van der Waals surface area contributed by atoms with E-state index in [0.717, 1.165) is 11.1 Å². The summed E-state index contributed by atoms with van der Waals surface area (Å²) in [5.74, 6) is -2.24. The van der Waals surface area contributed by atoms with Crippen LogP contribution in [0.2, 0.25) is 0 Å². The van der Waals surface area contributed by atoms with Gasteiger partial charge >= 0.3 is 65.1 Å². The average Bonchev–Trinajstić information content (AvgIpc) is 3.74. The van der Waals surface area contributed by atoms with Crippen molar-refractivity contribution >= 4 is 59.9 Å². The molecule has 1 saturated heterocycles. The number of anilines is 1. The van der Waals surface area contributed by atoms with Gasteiger partial charge in [0.2, 0.25) is 5.36 Å². The number of hydrogen-bond acceptors (Lipinski definition) is 19. The van der Waals surface area contributed by atoms with Crippen LogP contribution in [0.15, 0.2) is 69.6 Å². The predicted molar refractivity (Wildman–Crippen MR) is 268 cm³/mol. The molecule has 0 N–H and O–H groups in total. The van der Waals surface area contributed by atoms with Crippen LogP contribution in [0.3, 0.4) is 0 Å². The van der Waals surface area contributed by atoms with Crippen molar-refractivity contribution in [1.29, 1.82) is 0 Å². The molecular weight excluding hydrogens is 1070 g/mol. The van der Waals surface area contributed by atoms with Crippen molar-refractivity contribution in [2.45, 2.75) is 101 Å². The van der Waals surface area contributed by atoms with Crippen molar-refractivity contribution in [2.75, 3.05) is 89.4 Å². The van der Waals surface area contributed by atoms with Crippen LogP contribution in [-0.2, 0) is 79.4 Å². The number of nitrogens with zero attached hydrogens (tertiary/aromatic N) is 3. The average molecular weight is 1140 g/mol. The normalized spacial score (nSPS) is 17.1. The van der Waals surface area contributed by atoms with Crippen molar-refractivity contribution in [1.82, 2.24) is 9.64 Å². The minimum absolute atomic E-state index is 0. The Morgan fingerprint density at radius 1 is 0.776 bits per heavy atom. The van der Waals surface area contributed by atoms with Gasteiger partial charge in [0.15, 0.2) is 6.54 Å². The standard InChI is InChI=1S/C50H69N3O18S3.2Na/c1-49(2,3)41-35-38(70-44-34-37(15-17-40(41)44)51(22-11-33-73(60,61)62)24-25-67-28-29-69-31-30-68-27-26-66-5)12-9-13-45-50(4,21-10-32-72(57,58)59)42-36-39(74(63,64)65)16-18-43(42)52(45)23-8-6-7-14-48(56)71-53-46(54)19-20-47(53)55;;/h9,12-13,15-18,34-36H,6-8,10-11,14,19-33H2,1-5H3,(H2-,57,58,59,60,61,62,63,64,65);;/q;2*+1/p-2. The minimum Gasteiger partial charge on any atom is -0.748 e. The Balaban J connectivity index is 0.00000760. The third kappa shape index (κ3) is 20.6. The largest absolute Gasteiger partial charge is 1.00 e. The van der Waals surface area contributed by atoms with E-state index in [1.807, 2.05) is 54.5 Å². The van der Waals surface area contributed by atoms with Crippen LogP contribution in [0, 0.1) is 0 Å². The van der Waals surface area contributed by atoms with Crippen molar-refractivity contribution < 1.29 is 141 Å². The second-order valence-corrected chi connectivity index (χ2v) is 23.6. The molecule has 0 radical (unpaired) electrons. The summed E-state index contributed by atoms with van der Waals surface area (Å²) in [5.41, 5.74) is 1.79. The van der Waals surface area contributed by atoms with Crippen LogP contribution in [0.4, 0.5) is 5.69 Å². The third-order valence-corrected chi connectivity index (χ3v) is 14.9. The molecule has 0 bridgehead atoms. The molecule has 2 amide bonds. The fraction of sp³-hybridized carbons (Fsp3) is 0.560. The van der Waals surface area contributed by atoms with E-state index >= 15 is 0 Å². The number of ether oxygens (including phenoxy) is 4. The molecule has 1 aromatic carbocycles. The molecule has 0 saturated carbocycles. The minimum atomic E-state index is -4.93. The predicted octanol–water partition coefficient (Wildman–Crippen LogP) is -1.83.